The number of rotatable bonds is 9. The van der Waals surface area contributed by atoms with Crippen molar-refractivity contribution in [2.75, 3.05) is 14.2 Å². The first-order valence-corrected chi connectivity index (χ1v) is 12.0. The molecule has 3 rings (SSSR count). The zero-order valence-corrected chi connectivity index (χ0v) is 19.2. The Morgan fingerprint density at radius 3 is 2.13 bits per heavy atom. The number of ether oxygens (including phenoxy) is 3. The van der Waals surface area contributed by atoms with Gasteiger partial charge in [-0.1, -0.05) is 38.7 Å². The Labute approximate surface area is 182 Å². The van der Waals surface area contributed by atoms with Gasteiger partial charge in [0.2, 0.25) is 0 Å². The summed E-state index contributed by atoms with van der Waals surface area (Å²) in [6.45, 7) is 2.31. The topological polar surface area (TPSA) is 44.8 Å². The normalized spacial score (nSPS) is 26.8. The highest BCUT2D eigenvalue weighted by atomic mass is 16.5. The molecule has 2 fully saturated rings. The van der Waals surface area contributed by atoms with Gasteiger partial charge >= 0.3 is 5.97 Å². The number of hydrogen-bond donors (Lipinski definition) is 0. The molecule has 0 aromatic heterocycles. The van der Waals surface area contributed by atoms with E-state index < -0.39 is 0 Å². The Hall–Kier alpha value is -1.71. The summed E-state index contributed by atoms with van der Waals surface area (Å²) in [6, 6.07) is 5.80. The second-order valence-corrected chi connectivity index (χ2v) is 9.29. The lowest BCUT2D eigenvalue weighted by Gasteiger charge is -2.37. The minimum absolute atomic E-state index is 0.0756. The lowest BCUT2D eigenvalue weighted by molar-refractivity contribution is -0.151. The van der Waals surface area contributed by atoms with E-state index in [1.54, 1.807) is 14.2 Å². The summed E-state index contributed by atoms with van der Waals surface area (Å²) in [5.41, 5.74) is 1.06. The third-order valence-corrected chi connectivity index (χ3v) is 7.34. The van der Waals surface area contributed by atoms with Crippen molar-refractivity contribution < 1.29 is 19.0 Å². The first kappa shape index (κ1) is 23.0. The van der Waals surface area contributed by atoms with Crippen LogP contribution in [0.4, 0.5) is 0 Å². The lowest BCUT2D eigenvalue weighted by atomic mass is 9.70. The summed E-state index contributed by atoms with van der Waals surface area (Å²) in [7, 11) is 3.25. The number of aryl methyl sites for hydroxylation is 1. The molecule has 4 heteroatoms. The van der Waals surface area contributed by atoms with E-state index in [1.165, 1.54) is 51.4 Å². The fourth-order valence-electron chi connectivity index (χ4n) is 5.56. The smallest absolute Gasteiger partial charge is 0.306 e. The molecule has 4 nitrogen and oxygen atoms in total. The zero-order valence-electron chi connectivity index (χ0n) is 19.2. The fourth-order valence-corrected chi connectivity index (χ4v) is 5.56. The third-order valence-electron chi connectivity index (χ3n) is 7.34. The molecule has 1 aromatic rings. The van der Waals surface area contributed by atoms with Gasteiger partial charge in [0.15, 0.2) is 11.5 Å². The number of carbonyl (C=O) groups excluding carboxylic acids is 1. The van der Waals surface area contributed by atoms with Crippen molar-refractivity contribution in [2.45, 2.75) is 90.1 Å². The van der Waals surface area contributed by atoms with Gasteiger partial charge in [0.25, 0.3) is 0 Å². The van der Waals surface area contributed by atoms with Crippen LogP contribution in [0.25, 0.3) is 0 Å². The summed E-state index contributed by atoms with van der Waals surface area (Å²) < 4.78 is 16.4. The van der Waals surface area contributed by atoms with Crippen molar-refractivity contribution in [1.82, 2.24) is 0 Å². The minimum atomic E-state index is -0.0756. The van der Waals surface area contributed by atoms with Crippen LogP contribution >= 0.6 is 0 Å². The average molecular weight is 417 g/mol. The second-order valence-electron chi connectivity index (χ2n) is 9.29. The van der Waals surface area contributed by atoms with Crippen LogP contribution in [0.1, 0.15) is 83.1 Å². The van der Waals surface area contributed by atoms with Crippen LogP contribution in [-0.2, 0) is 16.0 Å². The van der Waals surface area contributed by atoms with Crippen molar-refractivity contribution >= 4 is 5.97 Å². The molecule has 1 aromatic carbocycles. The molecule has 0 amide bonds. The largest absolute Gasteiger partial charge is 0.493 e. The van der Waals surface area contributed by atoms with Crippen LogP contribution in [0.3, 0.4) is 0 Å². The molecule has 0 saturated heterocycles. The quantitative estimate of drug-likeness (QED) is 0.440. The molecular formula is C26H40O4. The minimum Gasteiger partial charge on any atom is -0.493 e. The molecule has 0 N–H and O–H groups in total. The second kappa shape index (κ2) is 11.6. The van der Waals surface area contributed by atoms with Crippen LogP contribution in [0.5, 0.6) is 11.5 Å². The van der Waals surface area contributed by atoms with Gasteiger partial charge < -0.3 is 14.2 Å². The molecule has 2 aliphatic rings. The van der Waals surface area contributed by atoms with E-state index in [0.29, 0.717) is 24.3 Å². The van der Waals surface area contributed by atoms with Gasteiger partial charge in [-0.25, -0.2) is 0 Å². The fraction of sp³-hybridized carbons (Fsp3) is 0.731. The first-order chi connectivity index (χ1) is 14.6. The summed E-state index contributed by atoms with van der Waals surface area (Å²) in [5, 5.41) is 0. The summed E-state index contributed by atoms with van der Waals surface area (Å²) >= 11 is 0. The van der Waals surface area contributed by atoms with Gasteiger partial charge in [0.1, 0.15) is 6.10 Å². The highest BCUT2D eigenvalue weighted by Gasteiger charge is 2.31. The molecule has 0 unspecified atom stereocenters. The molecule has 168 valence electrons. The Kier molecular flexibility index (Phi) is 8.89. The Bertz CT molecular complexity index is 655. The van der Waals surface area contributed by atoms with E-state index in [1.807, 2.05) is 18.2 Å². The molecule has 0 spiro atoms. The van der Waals surface area contributed by atoms with Crippen molar-refractivity contribution in [3.8, 4) is 11.5 Å². The number of carbonyl (C=O) groups is 1. The van der Waals surface area contributed by atoms with Gasteiger partial charge in [-0.3, -0.25) is 4.79 Å². The monoisotopic (exact) mass is 416 g/mol. The van der Waals surface area contributed by atoms with Gasteiger partial charge in [0, 0.05) is 6.42 Å². The molecule has 0 radical (unpaired) electrons. The Morgan fingerprint density at radius 1 is 0.900 bits per heavy atom. The maximum atomic E-state index is 12.4. The van der Waals surface area contributed by atoms with Gasteiger partial charge in [-0.15, -0.1) is 0 Å². The molecule has 0 heterocycles. The van der Waals surface area contributed by atoms with E-state index in [4.69, 9.17) is 14.2 Å². The average Bonchev–Trinajstić information content (AvgIpc) is 2.79. The standard InChI is InChI=1S/C26H40O4/c1-4-5-19-6-10-21(11-7-19)22-12-14-23(15-13-22)30-26(27)17-9-20-8-16-24(28-2)25(18-20)29-3/h8,16,18-19,21-23H,4-7,9-15,17H2,1-3H3. The van der Waals surface area contributed by atoms with Crippen LogP contribution in [-0.4, -0.2) is 26.3 Å². The van der Waals surface area contributed by atoms with Gasteiger partial charge in [0.05, 0.1) is 14.2 Å². The predicted octanol–water partition coefficient (Wildman–Crippen LogP) is 6.34. The van der Waals surface area contributed by atoms with Crippen LogP contribution in [0.2, 0.25) is 0 Å². The molecule has 0 aliphatic heterocycles. The maximum Gasteiger partial charge on any atom is 0.306 e. The Balaban J connectivity index is 1.36. The highest BCUT2D eigenvalue weighted by molar-refractivity contribution is 5.70. The van der Waals surface area contributed by atoms with Crippen LogP contribution in [0.15, 0.2) is 18.2 Å². The molecule has 0 atom stereocenters. The summed E-state index contributed by atoms with van der Waals surface area (Å²) in [6.07, 6.45) is 14.2. The molecule has 30 heavy (non-hydrogen) atoms. The van der Waals surface area contributed by atoms with Crippen molar-refractivity contribution in [3.05, 3.63) is 23.8 Å². The number of hydrogen-bond acceptors (Lipinski definition) is 4. The van der Waals surface area contributed by atoms with E-state index in [0.717, 1.165) is 36.2 Å². The first-order valence-electron chi connectivity index (χ1n) is 12.0. The molecular weight excluding hydrogens is 376 g/mol. The molecule has 2 saturated carbocycles. The zero-order chi connectivity index (χ0) is 21.3. The van der Waals surface area contributed by atoms with Gasteiger partial charge in [-0.05, 0) is 80.4 Å². The number of benzene rings is 1. The lowest BCUT2D eigenvalue weighted by Crippen LogP contribution is -2.29. The SMILES string of the molecule is CCCC1CCC(C2CCC(OC(=O)CCc3ccc(OC)c(OC)c3)CC2)CC1. The molecule has 2 aliphatic carbocycles. The van der Waals surface area contributed by atoms with Crippen LogP contribution < -0.4 is 9.47 Å². The van der Waals surface area contributed by atoms with E-state index >= 15 is 0 Å². The number of methoxy groups -OCH3 is 2. The van der Waals surface area contributed by atoms with E-state index in [2.05, 4.69) is 6.92 Å². The number of esters is 1. The highest BCUT2D eigenvalue weighted by Crippen LogP contribution is 2.41. The maximum absolute atomic E-state index is 12.4. The summed E-state index contributed by atoms with van der Waals surface area (Å²) in [5.74, 6) is 4.08. The summed E-state index contributed by atoms with van der Waals surface area (Å²) in [4.78, 5) is 12.4. The molecule has 0 bridgehead atoms. The van der Waals surface area contributed by atoms with Crippen molar-refractivity contribution in [3.63, 3.8) is 0 Å². The predicted molar refractivity (Wildman–Crippen MR) is 120 cm³/mol. The van der Waals surface area contributed by atoms with E-state index in [-0.39, 0.29) is 12.1 Å². The van der Waals surface area contributed by atoms with Crippen molar-refractivity contribution in [1.29, 1.82) is 0 Å². The van der Waals surface area contributed by atoms with Gasteiger partial charge in [-0.2, -0.15) is 0 Å². The Morgan fingerprint density at radius 2 is 1.53 bits per heavy atom. The van der Waals surface area contributed by atoms with Crippen LogP contribution in [0, 0.1) is 17.8 Å². The third kappa shape index (κ3) is 6.39. The van der Waals surface area contributed by atoms with E-state index in [9.17, 15) is 4.79 Å². The van der Waals surface area contributed by atoms with Crippen molar-refractivity contribution in [2.24, 2.45) is 17.8 Å².